The molecule has 17 heavy (non-hydrogen) atoms. The number of carbonyl (C=O) groups excluding carboxylic acids is 1. The SMILES string of the molecule is O=C(NC1=CCCN=C1)Nc1ccc(S)cc1. The molecule has 1 heterocycles. The molecule has 0 saturated carbocycles. The minimum absolute atomic E-state index is 0.267. The summed E-state index contributed by atoms with van der Waals surface area (Å²) in [6.45, 7) is 0.788. The number of hydrogen-bond acceptors (Lipinski definition) is 3. The van der Waals surface area contributed by atoms with Gasteiger partial charge in [-0.2, -0.15) is 0 Å². The van der Waals surface area contributed by atoms with Crippen molar-refractivity contribution in [3.63, 3.8) is 0 Å². The fourth-order valence-electron chi connectivity index (χ4n) is 1.43. The van der Waals surface area contributed by atoms with Gasteiger partial charge in [-0.15, -0.1) is 12.6 Å². The largest absolute Gasteiger partial charge is 0.323 e. The average molecular weight is 247 g/mol. The number of nitrogens with zero attached hydrogens (tertiary/aromatic N) is 1. The van der Waals surface area contributed by atoms with Gasteiger partial charge in [0.2, 0.25) is 0 Å². The molecule has 1 aromatic rings. The van der Waals surface area contributed by atoms with Crippen molar-refractivity contribution in [2.24, 2.45) is 4.99 Å². The number of anilines is 1. The van der Waals surface area contributed by atoms with Gasteiger partial charge >= 0.3 is 6.03 Å². The van der Waals surface area contributed by atoms with Crippen LogP contribution in [-0.2, 0) is 0 Å². The average Bonchev–Trinajstić information content (AvgIpc) is 2.33. The number of benzene rings is 1. The van der Waals surface area contributed by atoms with Crippen LogP contribution < -0.4 is 10.6 Å². The topological polar surface area (TPSA) is 53.5 Å². The van der Waals surface area contributed by atoms with Gasteiger partial charge in [-0.1, -0.05) is 6.08 Å². The molecule has 5 heteroatoms. The molecule has 0 radical (unpaired) electrons. The van der Waals surface area contributed by atoms with Crippen molar-refractivity contribution >= 4 is 30.6 Å². The summed E-state index contributed by atoms with van der Waals surface area (Å²) >= 11 is 4.17. The van der Waals surface area contributed by atoms with E-state index >= 15 is 0 Å². The molecule has 2 N–H and O–H groups in total. The van der Waals surface area contributed by atoms with Crippen LogP contribution in [-0.4, -0.2) is 18.8 Å². The van der Waals surface area contributed by atoms with E-state index in [1.54, 1.807) is 18.3 Å². The molecule has 4 nitrogen and oxygen atoms in total. The molecule has 1 aliphatic rings. The van der Waals surface area contributed by atoms with Crippen molar-refractivity contribution in [2.45, 2.75) is 11.3 Å². The van der Waals surface area contributed by atoms with Crippen LogP contribution in [0.25, 0.3) is 0 Å². The van der Waals surface area contributed by atoms with Crippen molar-refractivity contribution in [2.75, 3.05) is 11.9 Å². The van der Waals surface area contributed by atoms with Crippen molar-refractivity contribution in [1.82, 2.24) is 5.32 Å². The zero-order valence-corrected chi connectivity index (χ0v) is 10.1. The highest BCUT2D eigenvalue weighted by Crippen LogP contribution is 2.11. The molecule has 0 unspecified atom stereocenters. The summed E-state index contributed by atoms with van der Waals surface area (Å²) in [6, 6.07) is 6.97. The van der Waals surface area contributed by atoms with Gasteiger partial charge in [0.1, 0.15) is 0 Å². The second-order valence-corrected chi connectivity index (χ2v) is 4.13. The van der Waals surface area contributed by atoms with E-state index in [1.165, 1.54) is 0 Å². The van der Waals surface area contributed by atoms with Crippen LogP contribution in [0.15, 0.2) is 45.9 Å². The van der Waals surface area contributed by atoms with Gasteiger partial charge < -0.3 is 10.6 Å². The first-order chi connectivity index (χ1) is 8.24. The van der Waals surface area contributed by atoms with Gasteiger partial charge in [0, 0.05) is 23.3 Å². The summed E-state index contributed by atoms with van der Waals surface area (Å²) in [5.41, 5.74) is 1.47. The molecular formula is C12H13N3OS. The van der Waals surface area contributed by atoms with Crippen LogP contribution in [0.5, 0.6) is 0 Å². The van der Waals surface area contributed by atoms with Crippen LogP contribution in [0.3, 0.4) is 0 Å². The molecule has 0 fully saturated rings. The predicted molar refractivity (Wildman–Crippen MR) is 71.9 cm³/mol. The summed E-state index contributed by atoms with van der Waals surface area (Å²) < 4.78 is 0. The molecule has 0 bridgehead atoms. The lowest BCUT2D eigenvalue weighted by atomic mass is 10.3. The van der Waals surface area contributed by atoms with Crippen LogP contribution >= 0.6 is 12.6 Å². The monoisotopic (exact) mass is 247 g/mol. The van der Waals surface area contributed by atoms with Gasteiger partial charge in [-0.3, -0.25) is 4.99 Å². The van der Waals surface area contributed by atoms with Gasteiger partial charge in [0.25, 0.3) is 0 Å². The molecule has 1 aromatic carbocycles. The fourth-order valence-corrected chi connectivity index (χ4v) is 1.58. The van der Waals surface area contributed by atoms with Crippen molar-refractivity contribution < 1.29 is 4.79 Å². The number of thiol groups is 1. The Balaban J connectivity index is 1.91. The van der Waals surface area contributed by atoms with Gasteiger partial charge in [-0.25, -0.2) is 4.79 Å². The molecule has 88 valence electrons. The maximum absolute atomic E-state index is 11.6. The van der Waals surface area contributed by atoms with Crippen LogP contribution in [0.2, 0.25) is 0 Å². The van der Waals surface area contributed by atoms with E-state index < -0.39 is 0 Å². The Morgan fingerprint density at radius 3 is 2.65 bits per heavy atom. The van der Waals surface area contributed by atoms with Crippen LogP contribution in [0.1, 0.15) is 6.42 Å². The summed E-state index contributed by atoms with van der Waals surface area (Å²) in [7, 11) is 0. The normalized spacial score (nSPS) is 14.1. The number of carbonyl (C=O) groups is 1. The first-order valence-electron chi connectivity index (χ1n) is 5.31. The Labute approximate surface area is 105 Å². The zero-order valence-electron chi connectivity index (χ0n) is 9.18. The summed E-state index contributed by atoms with van der Waals surface area (Å²) in [5.74, 6) is 0. The quantitative estimate of drug-likeness (QED) is 0.691. The lowest BCUT2D eigenvalue weighted by molar-refractivity contribution is 0.254. The number of hydrogen-bond donors (Lipinski definition) is 3. The molecular weight excluding hydrogens is 234 g/mol. The molecule has 0 spiro atoms. The molecule has 2 amide bonds. The molecule has 2 rings (SSSR count). The van der Waals surface area contributed by atoms with Crippen LogP contribution in [0.4, 0.5) is 10.5 Å². The summed E-state index contributed by atoms with van der Waals surface area (Å²) in [5, 5.41) is 5.45. The summed E-state index contributed by atoms with van der Waals surface area (Å²) in [6.07, 6.45) is 4.48. The van der Waals surface area contributed by atoms with Gasteiger partial charge in [0.05, 0.1) is 5.70 Å². The van der Waals surface area contributed by atoms with E-state index in [-0.39, 0.29) is 6.03 Å². The highest BCUT2D eigenvalue weighted by molar-refractivity contribution is 7.80. The smallest absolute Gasteiger partial charge is 0.308 e. The minimum atomic E-state index is -0.267. The van der Waals surface area contributed by atoms with E-state index in [0.717, 1.165) is 29.2 Å². The lowest BCUT2D eigenvalue weighted by Crippen LogP contribution is -2.29. The summed E-state index contributed by atoms with van der Waals surface area (Å²) in [4.78, 5) is 16.6. The predicted octanol–water partition coefficient (Wildman–Crippen LogP) is 2.46. The number of rotatable bonds is 2. The maximum Gasteiger partial charge on any atom is 0.323 e. The van der Waals surface area contributed by atoms with Crippen LogP contribution in [0, 0.1) is 0 Å². The Morgan fingerprint density at radius 1 is 1.24 bits per heavy atom. The number of aliphatic imine (C=N–C) groups is 1. The third-order valence-corrected chi connectivity index (χ3v) is 2.53. The Bertz CT molecular complexity index is 465. The first kappa shape index (κ1) is 11.7. The van der Waals surface area contributed by atoms with Crippen molar-refractivity contribution in [1.29, 1.82) is 0 Å². The molecule has 0 saturated heterocycles. The number of allylic oxidation sites excluding steroid dienone is 1. The number of amides is 2. The number of dihydropyridines is 1. The van der Waals surface area contributed by atoms with Crippen molar-refractivity contribution in [3.8, 4) is 0 Å². The Hall–Kier alpha value is -1.75. The number of urea groups is 1. The number of nitrogens with one attached hydrogen (secondary N) is 2. The third-order valence-electron chi connectivity index (χ3n) is 2.24. The van der Waals surface area contributed by atoms with E-state index in [4.69, 9.17) is 0 Å². The molecule has 0 aliphatic carbocycles. The van der Waals surface area contributed by atoms with E-state index in [1.807, 2.05) is 18.2 Å². The second-order valence-electron chi connectivity index (χ2n) is 3.61. The third kappa shape index (κ3) is 3.64. The van der Waals surface area contributed by atoms with Gasteiger partial charge in [-0.05, 0) is 30.7 Å². The first-order valence-corrected chi connectivity index (χ1v) is 5.76. The molecule has 0 aromatic heterocycles. The standard InChI is InChI=1S/C12H13N3OS/c16-12(15-10-2-1-7-13-8-10)14-9-3-5-11(17)6-4-9/h2-6,8,17H,1,7H2,(H2,14,15,16). The zero-order chi connectivity index (χ0) is 12.1. The fraction of sp³-hybridized carbons (Fsp3) is 0.167. The van der Waals surface area contributed by atoms with E-state index in [2.05, 4.69) is 28.3 Å². The second kappa shape index (κ2) is 5.54. The highest BCUT2D eigenvalue weighted by Gasteiger charge is 2.04. The highest BCUT2D eigenvalue weighted by atomic mass is 32.1. The minimum Gasteiger partial charge on any atom is -0.308 e. The van der Waals surface area contributed by atoms with E-state index in [0.29, 0.717) is 0 Å². The van der Waals surface area contributed by atoms with Crippen molar-refractivity contribution in [3.05, 3.63) is 36.0 Å². The van der Waals surface area contributed by atoms with E-state index in [9.17, 15) is 4.79 Å². The maximum atomic E-state index is 11.6. The molecule has 1 aliphatic heterocycles. The Kier molecular flexibility index (Phi) is 3.82. The van der Waals surface area contributed by atoms with Gasteiger partial charge in [0.15, 0.2) is 0 Å². The Morgan fingerprint density at radius 2 is 2.00 bits per heavy atom. The lowest BCUT2D eigenvalue weighted by Gasteiger charge is -2.10. The molecule has 0 atom stereocenters.